The third-order valence-corrected chi connectivity index (χ3v) is 5.05. The smallest absolute Gasteiger partial charge is 0.315 e. The molecular formula is C17H23FN2O2. The second kappa shape index (κ2) is 6.24. The van der Waals surface area contributed by atoms with Gasteiger partial charge in [0.2, 0.25) is 0 Å². The van der Waals surface area contributed by atoms with Crippen LogP contribution >= 0.6 is 0 Å². The summed E-state index contributed by atoms with van der Waals surface area (Å²) in [4.78, 5) is 12.2. The predicted molar refractivity (Wildman–Crippen MR) is 81.8 cm³/mol. The van der Waals surface area contributed by atoms with Gasteiger partial charge in [0.1, 0.15) is 5.82 Å². The van der Waals surface area contributed by atoms with Crippen molar-refractivity contribution in [1.29, 1.82) is 0 Å². The van der Waals surface area contributed by atoms with Crippen molar-refractivity contribution in [3.8, 4) is 0 Å². The lowest BCUT2D eigenvalue weighted by molar-refractivity contribution is 0.193. The van der Waals surface area contributed by atoms with Gasteiger partial charge in [0.05, 0.1) is 12.6 Å². The molecule has 2 aliphatic rings. The minimum Gasteiger partial charge on any atom is -0.396 e. The third kappa shape index (κ3) is 3.40. The molecule has 0 heterocycles. The Morgan fingerprint density at radius 2 is 2.00 bits per heavy atom. The standard InChI is InChI=1S/C17H23FN2O2/c18-14-6-4-13(5-7-14)15(12-2-1-3-12)20-16(22)19-10-17(11-21)8-9-17/h4-7,12,15,21H,1-3,8-11H2,(H2,19,20,22). The SMILES string of the molecule is O=C(NCC1(CO)CC1)NC(c1ccc(F)cc1)C1CCC1. The molecule has 1 atom stereocenters. The number of rotatable bonds is 6. The van der Waals surface area contributed by atoms with Crippen molar-refractivity contribution in [3.05, 3.63) is 35.6 Å². The summed E-state index contributed by atoms with van der Waals surface area (Å²) in [7, 11) is 0. The van der Waals surface area contributed by atoms with Gasteiger partial charge >= 0.3 is 6.03 Å². The highest BCUT2D eigenvalue weighted by molar-refractivity contribution is 5.74. The Bertz CT molecular complexity index is 524. The van der Waals surface area contributed by atoms with Gasteiger partial charge in [-0.3, -0.25) is 0 Å². The van der Waals surface area contributed by atoms with Crippen LogP contribution < -0.4 is 10.6 Å². The number of carbonyl (C=O) groups excluding carboxylic acids is 1. The first-order chi connectivity index (χ1) is 10.6. The van der Waals surface area contributed by atoms with Crippen LogP contribution in [0.15, 0.2) is 24.3 Å². The van der Waals surface area contributed by atoms with E-state index < -0.39 is 0 Å². The zero-order valence-corrected chi connectivity index (χ0v) is 12.6. The largest absolute Gasteiger partial charge is 0.396 e. The molecule has 0 spiro atoms. The maximum absolute atomic E-state index is 13.1. The molecule has 2 fully saturated rings. The van der Waals surface area contributed by atoms with Crippen LogP contribution in [0, 0.1) is 17.2 Å². The molecule has 0 bridgehead atoms. The molecule has 0 aromatic heterocycles. The highest BCUT2D eigenvalue weighted by Gasteiger charge is 2.42. The van der Waals surface area contributed by atoms with Gasteiger partial charge in [0, 0.05) is 12.0 Å². The lowest BCUT2D eigenvalue weighted by atomic mass is 9.77. The van der Waals surface area contributed by atoms with E-state index >= 15 is 0 Å². The molecule has 120 valence electrons. The van der Waals surface area contributed by atoms with E-state index in [1.165, 1.54) is 18.6 Å². The number of aliphatic hydroxyl groups is 1. The zero-order valence-electron chi connectivity index (χ0n) is 12.6. The second-order valence-corrected chi connectivity index (χ2v) is 6.71. The molecule has 1 aromatic rings. The van der Waals surface area contributed by atoms with E-state index in [2.05, 4.69) is 10.6 Å². The Balaban J connectivity index is 1.60. The lowest BCUT2D eigenvalue weighted by Crippen LogP contribution is -2.44. The molecule has 5 heteroatoms. The van der Waals surface area contributed by atoms with Crippen LogP contribution in [0.25, 0.3) is 0 Å². The van der Waals surface area contributed by atoms with E-state index in [-0.39, 0.29) is 29.9 Å². The molecule has 3 N–H and O–H groups in total. The van der Waals surface area contributed by atoms with E-state index in [4.69, 9.17) is 0 Å². The van der Waals surface area contributed by atoms with Gasteiger partial charge in [-0.05, 0) is 49.3 Å². The van der Waals surface area contributed by atoms with Gasteiger partial charge in [-0.25, -0.2) is 9.18 Å². The lowest BCUT2D eigenvalue weighted by Gasteiger charge is -2.34. The van der Waals surface area contributed by atoms with Crippen LogP contribution in [0.3, 0.4) is 0 Å². The quantitative estimate of drug-likeness (QED) is 0.757. The van der Waals surface area contributed by atoms with E-state index in [9.17, 15) is 14.3 Å². The minimum atomic E-state index is -0.265. The Hall–Kier alpha value is -1.62. The first-order valence-electron chi connectivity index (χ1n) is 8.03. The monoisotopic (exact) mass is 306 g/mol. The number of amides is 2. The molecule has 3 rings (SSSR count). The van der Waals surface area contributed by atoms with Crippen LogP contribution in [-0.4, -0.2) is 24.3 Å². The van der Waals surface area contributed by atoms with Gasteiger partial charge in [-0.2, -0.15) is 0 Å². The fourth-order valence-corrected chi connectivity index (χ4v) is 2.94. The maximum atomic E-state index is 13.1. The van der Waals surface area contributed by atoms with E-state index in [1.807, 2.05) is 0 Å². The summed E-state index contributed by atoms with van der Waals surface area (Å²) in [5, 5.41) is 15.2. The highest BCUT2D eigenvalue weighted by Crippen LogP contribution is 2.44. The molecule has 2 aliphatic carbocycles. The molecule has 22 heavy (non-hydrogen) atoms. The van der Waals surface area contributed by atoms with Gasteiger partial charge < -0.3 is 15.7 Å². The van der Waals surface area contributed by atoms with E-state index in [0.29, 0.717) is 12.5 Å². The van der Waals surface area contributed by atoms with Crippen molar-refractivity contribution < 1.29 is 14.3 Å². The Kier molecular flexibility index (Phi) is 4.34. The number of nitrogens with one attached hydrogen (secondary N) is 2. The van der Waals surface area contributed by atoms with Crippen molar-refractivity contribution in [1.82, 2.24) is 10.6 Å². The third-order valence-electron chi connectivity index (χ3n) is 5.05. The number of halogens is 1. The normalized spacial score (nSPS) is 20.8. The van der Waals surface area contributed by atoms with Crippen LogP contribution in [0.5, 0.6) is 0 Å². The van der Waals surface area contributed by atoms with Crippen LogP contribution in [0.1, 0.15) is 43.7 Å². The zero-order chi connectivity index (χ0) is 15.6. The predicted octanol–water partition coefficient (Wildman–Crippen LogP) is 2.74. The summed E-state index contributed by atoms with van der Waals surface area (Å²) < 4.78 is 13.1. The van der Waals surface area contributed by atoms with E-state index in [0.717, 1.165) is 31.2 Å². The molecular weight excluding hydrogens is 283 g/mol. The molecule has 1 unspecified atom stereocenters. The summed E-state index contributed by atoms with van der Waals surface area (Å²) in [5.74, 6) is 0.156. The van der Waals surface area contributed by atoms with Gasteiger partial charge in [-0.15, -0.1) is 0 Å². The minimum absolute atomic E-state index is 0.0707. The Morgan fingerprint density at radius 3 is 2.50 bits per heavy atom. The summed E-state index contributed by atoms with van der Waals surface area (Å²) in [6, 6.07) is 6.08. The molecule has 2 saturated carbocycles. The topological polar surface area (TPSA) is 61.4 Å². The number of urea groups is 1. The average Bonchev–Trinajstić information content (AvgIpc) is 3.24. The van der Waals surface area contributed by atoms with Crippen molar-refractivity contribution in [2.75, 3.05) is 13.2 Å². The van der Waals surface area contributed by atoms with Crippen LogP contribution in [-0.2, 0) is 0 Å². The number of hydrogen-bond acceptors (Lipinski definition) is 2. The van der Waals surface area contributed by atoms with E-state index in [1.54, 1.807) is 12.1 Å². The average molecular weight is 306 g/mol. The van der Waals surface area contributed by atoms with Crippen molar-refractivity contribution in [2.45, 2.75) is 38.1 Å². The van der Waals surface area contributed by atoms with Gasteiger partial charge in [-0.1, -0.05) is 18.6 Å². The molecule has 4 nitrogen and oxygen atoms in total. The summed E-state index contributed by atoms with van der Waals surface area (Å²) in [6.07, 6.45) is 5.28. The summed E-state index contributed by atoms with van der Waals surface area (Å²) in [6.45, 7) is 0.632. The van der Waals surface area contributed by atoms with Gasteiger partial charge in [0.15, 0.2) is 0 Å². The molecule has 0 saturated heterocycles. The fourth-order valence-electron chi connectivity index (χ4n) is 2.94. The molecule has 0 radical (unpaired) electrons. The molecule has 0 aliphatic heterocycles. The van der Waals surface area contributed by atoms with Crippen molar-refractivity contribution in [3.63, 3.8) is 0 Å². The van der Waals surface area contributed by atoms with Crippen LogP contribution in [0.2, 0.25) is 0 Å². The number of aliphatic hydroxyl groups excluding tert-OH is 1. The highest BCUT2D eigenvalue weighted by atomic mass is 19.1. The van der Waals surface area contributed by atoms with Crippen molar-refractivity contribution >= 4 is 6.03 Å². The first-order valence-corrected chi connectivity index (χ1v) is 8.03. The van der Waals surface area contributed by atoms with Gasteiger partial charge in [0.25, 0.3) is 0 Å². The van der Waals surface area contributed by atoms with Crippen molar-refractivity contribution in [2.24, 2.45) is 11.3 Å². The Labute approximate surface area is 130 Å². The van der Waals surface area contributed by atoms with Crippen LogP contribution in [0.4, 0.5) is 9.18 Å². The molecule has 2 amide bonds. The number of carbonyl (C=O) groups is 1. The number of benzene rings is 1. The Morgan fingerprint density at radius 1 is 1.32 bits per heavy atom. The fraction of sp³-hybridized carbons (Fsp3) is 0.588. The number of hydrogen-bond donors (Lipinski definition) is 3. The first kappa shape index (κ1) is 15.3. The molecule has 1 aromatic carbocycles. The maximum Gasteiger partial charge on any atom is 0.315 e. The second-order valence-electron chi connectivity index (χ2n) is 6.71. The summed E-state index contributed by atoms with van der Waals surface area (Å²) >= 11 is 0. The summed E-state index contributed by atoms with van der Waals surface area (Å²) in [5.41, 5.74) is 0.851.